The van der Waals surface area contributed by atoms with Crippen molar-refractivity contribution < 1.29 is 28.1 Å². The molecule has 0 aromatic heterocycles. The number of phosphoric acid groups is 1. The van der Waals surface area contributed by atoms with Gasteiger partial charge in [0.15, 0.2) is 0 Å². The molecule has 0 rings (SSSR count). The zero-order valence-electron chi connectivity index (χ0n) is 4.55. The second-order valence-electron chi connectivity index (χ2n) is 1.33. The summed E-state index contributed by atoms with van der Waals surface area (Å²) in [6.45, 7) is 0. The SMILES string of the molecule is O=P(O)(O)OP(=O)(O)CCl. The van der Waals surface area contributed by atoms with E-state index in [1.807, 2.05) is 0 Å². The van der Waals surface area contributed by atoms with Crippen LogP contribution in [0, 0.1) is 0 Å². The van der Waals surface area contributed by atoms with Crippen molar-refractivity contribution in [3.8, 4) is 0 Å². The van der Waals surface area contributed by atoms with E-state index in [0.717, 1.165) is 0 Å². The van der Waals surface area contributed by atoms with Crippen LogP contribution < -0.4 is 0 Å². The summed E-state index contributed by atoms with van der Waals surface area (Å²) < 4.78 is 23.6. The molecule has 1 unspecified atom stereocenters. The van der Waals surface area contributed by atoms with Gasteiger partial charge in [0.05, 0.1) is 0 Å². The molecule has 0 aliphatic heterocycles. The van der Waals surface area contributed by atoms with Crippen LogP contribution in [-0.4, -0.2) is 20.3 Å². The lowest BCUT2D eigenvalue weighted by atomic mass is 11.9. The van der Waals surface area contributed by atoms with Gasteiger partial charge >= 0.3 is 15.4 Å². The van der Waals surface area contributed by atoms with Crippen molar-refractivity contribution >= 4 is 27.0 Å². The Balaban J connectivity index is 4.17. The van der Waals surface area contributed by atoms with Crippen molar-refractivity contribution in [2.45, 2.75) is 0 Å². The van der Waals surface area contributed by atoms with Crippen LogP contribution in [-0.2, 0) is 13.4 Å². The van der Waals surface area contributed by atoms with Gasteiger partial charge in [-0.25, -0.2) is 8.88 Å². The van der Waals surface area contributed by atoms with E-state index >= 15 is 0 Å². The van der Waals surface area contributed by atoms with Gasteiger partial charge in [0.2, 0.25) is 0 Å². The Morgan fingerprint density at radius 3 is 1.80 bits per heavy atom. The van der Waals surface area contributed by atoms with Gasteiger partial charge in [0.25, 0.3) is 0 Å². The van der Waals surface area contributed by atoms with Crippen molar-refractivity contribution in [2.75, 3.05) is 5.62 Å². The number of hydrogen-bond acceptors (Lipinski definition) is 3. The summed E-state index contributed by atoms with van der Waals surface area (Å²) in [5.41, 5.74) is -0.849. The lowest BCUT2D eigenvalue weighted by Gasteiger charge is -2.08. The molecule has 0 bridgehead atoms. The summed E-state index contributed by atoms with van der Waals surface area (Å²) in [7, 11) is -9.19. The molecule has 0 amide bonds. The van der Waals surface area contributed by atoms with Gasteiger partial charge in [0, 0.05) is 0 Å². The first kappa shape index (κ1) is 10.6. The molecule has 1 atom stereocenters. The fourth-order valence-electron chi connectivity index (χ4n) is 0.188. The lowest BCUT2D eigenvalue weighted by Crippen LogP contribution is -1.87. The van der Waals surface area contributed by atoms with Crippen molar-refractivity contribution in [3.63, 3.8) is 0 Å². The molecule has 6 nitrogen and oxygen atoms in total. The summed E-state index contributed by atoms with van der Waals surface area (Å²) in [5, 5.41) is 0. The monoisotopic (exact) mass is 210 g/mol. The standard InChI is InChI=1S/CH5ClO6P2/c2-1-9(3,4)8-10(5,6)7/h1H2,(H,3,4)(H2,5,6,7). The normalized spacial score (nSPS) is 18.4. The molecule has 0 aromatic carbocycles. The van der Waals surface area contributed by atoms with Crippen LogP contribution in [0.4, 0.5) is 0 Å². The number of halogens is 1. The predicted molar refractivity (Wildman–Crippen MR) is 33.7 cm³/mol. The van der Waals surface area contributed by atoms with Crippen LogP contribution >= 0.6 is 27.0 Å². The second-order valence-corrected chi connectivity index (χ2v) is 5.19. The highest BCUT2D eigenvalue weighted by Gasteiger charge is 2.29. The Labute approximate surface area is 61.6 Å². The Kier molecular flexibility index (Phi) is 3.52. The summed E-state index contributed by atoms with van der Waals surface area (Å²) in [6.07, 6.45) is 0. The van der Waals surface area contributed by atoms with Gasteiger partial charge < -0.3 is 14.7 Å². The summed E-state index contributed by atoms with van der Waals surface area (Å²) in [6, 6.07) is 0. The quantitative estimate of drug-likeness (QED) is 0.462. The third-order valence-corrected chi connectivity index (χ3v) is 3.46. The van der Waals surface area contributed by atoms with E-state index in [-0.39, 0.29) is 0 Å². The fraction of sp³-hybridized carbons (Fsp3) is 1.00. The Morgan fingerprint density at radius 1 is 1.30 bits per heavy atom. The Morgan fingerprint density at radius 2 is 1.70 bits per heavy atom. The Hall–Kier alpha value is 0.590. The molecule has 0 saturated carbocycles. The molecule has 0 radical (unpaired) electrons. The maximum Gasteiger partial charge on any atom is 0.476 e. The van der Waals surface area contributed by atoms with Gasteiger partial charge in [-0.3, -0.25) is 4.57 Å². The lowest BCUT2D eigenvalue weighted by molar-refractivity contribution is 0.265. The largest absolute Gasteiger partial charge is 0.476 e. The van der Waals surface area contributed by atoms with Crippen LogP contribution in [0.25, 0.3) is 0 Å². The maximum atomic E-state index is 10.3. The van der Waals surface area contributed by atoms with Crippen molar-refractivity contribution in [1.82, 2.24) is 0 Å². The molecule has 0 aliphatic carbocycles. The first-order valence-electron chi connectivity index (χ1n) is 1.91. The highest BCUT2D eigenvalue weighted by Crippen LogP contribution is 2.57. The third-order valence-electron chi connectivity index (χ3n) is 0.385. The zero-order valence-corrected chi connectivity index (χ0v) is 7.09. The number of alkyl halides is 1. The first-order valence-corrected chi connectivity index (χ1v) is 5.74. The van der Waals surface area contributed by atoms with Crippen LogP contribution in [0.3, 0.4) is 0 Å². The molecule has 0 heterocycles. The molecule has 9 heteroatoms. The van der Waals surface area contributed by atoms with E-state index in [4.69, 9.17) is 26.3 Å². The van der Waals surface area contributed by atoms with E-state index in [2.05, 4.69) is 4.31 Å². The van der Waals surface area contributed by atoms with Crippen molar-refractivity contribution in [3.05, 3.63) is 0 Å². The maximum absolute atomic E-state index is 10.3. The average Bonchev–Trinajstić information content (AvgIpc) is 1.60. The molecule has 0 spiro atoms. The molecule has 0 aromatic rings. The van der Waals surface area contributed by atoms with Crippen molar-refractivity contribution in [1.29, 1.82) is 0 Å². The molecule has 0 aliphatic rings. The van der Waals surface area contributed by atoms with Crippen molar-refractivity contribution in [2.24, 2.45) is 0 Å². The van der Waals surface area contributed by atoms with Gasteiger partial charge in [-0.2, -0.15) is 0 Å². The highest BCUT2D eigenvalue weighted by atomic mass is 35.5. The highest BCUT2D eigenvalue weighted by molar-refractivity contribution is 7.64. The minimum Gasteiger partial charge on any atom is -0.323 e. The summed E-state index contributed by atoms with van der Waals surface area (Å²) in [4.78, 5) is 24.3. The minimum atomic E-state index is -4.90. The summed E-state index contributed by atoms with van der Waals surface area (Å²) >= 11 is 4.82. The molecule has 0 saturated heterocycles. The molecule has 0 fully saturated rings. The third kappa shape index (κ3) is 5.38. The van der Waals surface area contributed by atoms with Gasteiger partial charge in [-0.05, 0) is 0 Å². The molecular weight excluding hydrogens is 205 g/mol. The van der Waals surface area contributed by atoms with Gasteiger partial charge in [0.1, 0.15) is 5.62 Å². The summed E-state index contributed by atoms with van der Waals surface area (Å²) in [5.74, 6) is 0. The smallest absolute Gasteiger partial charge is 0.323 e. The van der Waals surface area contributed by atoms with E-state index in [1.165, 1.54) is 0 Å². The molecular formula is CH5ClO6P2. The predicted octanol–water partition coefficient (Wildman–Crippen LogP) is 0.477. The zero-order chi connectivity index (χ0) is 8.41. The van der Waals surface area contributed by atoms with E-state index in [1.54, 1.807) is 0 Å². The van der Waals surface area contributed by atoms with E-state index in [9.17, 15) is 9.13 Å². The van der Waals surface area contributed by atoms with Crippen LogP contribution in [0.1, 0.15) is 0 Å². The van der Waals surface area contributed by atoms with E-state index in [0.29, 0.717) is 0 Å². The minimum absolute atomic E-state index is 0.849. The molecule has 10 heavy (non-hydrogen) atoms. The number of rotatable bonds is 3. The van der Waals surface area contributed by atoms with Crippen LogP contribution in [0.2, 0.25) is 0 Å². The van der Waals surface area contributed by atoms with E-state index < -0.39 is 21.0 Å². The first-order chi connectivity index (χ1) is 4.27. The topological polar surface area (TPSA) is 104 Å². The van der Waals surface area contributed by atoms with Gasteiger partial charge in [-0.1, -0.05) is 0 Å². The fourth-order valence-corrected chi connectivity index (χ4v) is 2.08. The molecule has 62 valence electrons. The number of hydrogen-bond donors (Lipinski definition) is 3. The molecule has 3 N–H and O–H groups in total. The van der Waals surface area contributed by atoms with Gasteiger partial charge in [-0.15, -0.1) is 11.6 Å². The Bertz CT molecular complexity index is 194. The van der Waals surface area contributed by atoms with Crippen LogP contribution in [0.5, 0.6) is 0 Å². The average molecular weight is 210 g/mol. The second kappa shape index (κ2) is 3.32. The van der Waals surface area contributed by atoms with Crippen LogP contribution in [0.15, 0.2) is 0 Å².